The molecule has 19 nitrogen and oxygen atoms in total. The summed E-state index contributed by atoms with van der Waals surface area (Å²) in [7, 11) is -0.194. The van der Waals surface area contributed by atoms with Crippen LogP contribution in [0, 0.1) is 17.5 Å². The van der Waals surface area contributed by atoms with E-state index in [0.717, 1.165) is 18.2 Å². The highest BCUT2D eigenvalue weighted by Gasteiger charge is 2.32. The van der Waals surface area contributed by atoms with Crippen molar-refractivity contribution >= 4 is 40.5 Å². The van der Waals surface area contributed by atoms with Crippen molar-refractivity contribution in [3.05, 3.63) is 140 Å². The standard InChI is InChI=1S/C51H51F3N9O10P/c1-7-16-68-40-13-10-37(52)43-46(40)61(25-34(49(43)64)31-19-55-58(4)22-31)28-71-74(67,72-29-62-26-35(32-20-56-59(5)23-32)50(65)44-38(53)11-14-41(47(44)62)69-17-8-2)73-30-63-27-36(33-21-57-60(6)24-33)51(66)45-39(54)12-15-42(48(45)63)70-18-9-3/h10-15,19-27H,7-9,16-18,28-30H2,1-6H3. The molecule has 0 spiro atoms. The number of fused-ring (bicyclic) bond motifs is 3. The second kappa shape index (κ2) is 21.4. The van der Waals surface area contributed by atoms with Gasteiger partial charge in [-0.05, 0) is 55.7 Å². The van der Waals surface area contributed by atoms with Crippen molar-refractivity contribution in [2.45, 2.75) is 60.2 Å². The number of phosphoric ester groups is 1. The van der Waals surface area contributed by atoms with E-state index in [1.165, 1.54) is 83.1 Å². The number of hydrogen-bond donors (Lipinski definition) is 0. The summed E-state index contributed by atoms with van der Waals surface area (Å²) >= 11 is 0. The van der Waals surface area contributed by atoms with Gasteiger partial charge in [0.1, 0.15) is 54.9 Å². The third-order valence-corrected chi connectivity index (χ3v) is 13.2. The highest BCUT2D eigenvalue weighted by atomic mass is 31.2. The normalized spacial score (nSPS) is 11.9. The van der Waals surface area contributed by atoms with Crippen LogP contribution in [-0.4, -0.2) is 62.9 Å². The number of pyridine rings is 3. The van der Waals surface area contributed by atoms with Crippen LogP contribution in [0.25, 0.3) is 66.1 Å². The van der Waals surface area contributed by atoms with Crippen LogP contribution in [0.2, 0.25) is 0 Å². The minimum absolute atomic E-state index is 0.00556. The average Bonchev–Trinajstić information content (AvgIpc) is 4.16. The van der Waals surface area contributed by atoms with Gasteiger partial charge in [-0.3, -0.25) is 42.0 Å². The summed E-state index contributed by atoms with van der Waals surface area (Å²) in [4.78, 5) is 42.6. The van der Waals surface area contributed by atoms with Gasteiger partial charge in [0.05, 0.1) is 71.1 Å². The fraction of sp³-hybridized carbons (Fsp3) is 0.294. The summed E-state index contributed by atoms with van der Waals surface area (Å²) in [5.74, 6) is -2.33. The predicted molar refractivity (Wildman–Crippen MR) is 269 cm³/mol. The smallest absolute Gasteiger partial charge is 0.480 e. The molecule has 0 aliphatic rings. The molecule has 0 radical (unpaired) electrons. The Hall–Kier alpha value is -7.78. The maximum Gasteiger partial charge on any atom is 0.480 e. The van der Waals surface area contributed by atoms with Gasteiger partial charge in [0.2, 0.25) is 0 Å². The van der Waals surface area contributed by atoms with Gasteiger partial charge in [-0.2, -0.15) is 15.3 Å². The van der Waals surface area contributed by atoms with Gasteiger partial charge in [-0.1, -0.05) is 20.8 Å². The second-order valence-electron chi connectivity index (χ2n) is 17.3. The molecule has 0 saturated heterocycles. The molecule has 0 bridgehead atoms. The molecular formula is C51H51F3N9O10P. The first kappa shape index (κ1) is 51.1. The van der Waals surface area contributed by atoms with E-state index in [1.807, 2.05) is 20.8 Å². The van der Waals surface area contributed by atoms with Gasteiger partial charge in [-0.25, -0.2) is 17.7 Å². The number of rotatable bonds is 21. The first-order chi connectivity index (χ1) is 35.6. The molecule has 23 heteroatoms. The van der Waals surface area contributed by atoms with E-state index in [1.54, 1.807) is 39.7 Å². The summed E-state index contributed by atoms with van der Waals surface area (Å²) in [6.07, 6.45) is 14.7. The number of aryl methyl sites for hydroxylation is 3. The number of halogens is 3. The number of aromatic nitrogens is 9. The topological polar surface area (TPSA) is 192 Å². The third-order valence-electron chi connectivity index (χ3n) is 11.9. The van der Waals surface area contributed by atoms with Gasteiger partial charge >= 0.3 is 7.82 Å². The fourth-order valence-corrected chi connectivity index (χ4v) is 9.51. The molecule has 9 aromatic rings. The zero-order valence-electron chi connectivity index (χ0n) is 41.2. The lowest BCUT2D eigenvalue weighted by atomic mass is 10.1. The molecule has 0 amide bonds. The molecule has 0 fully saturated rings. The maximum atomic E-state index is 16.1. The number of phosphoric acid groups is 1. The Labute approximate surface area is 420 Å². The van der Waals surface area contributed by atoms with Gasteiger partial charge in [-0.15, -0.1) is 0 Å². The lowest BCUT2D eigenvalue weighted by Gasteiger charge is -2.24. The Kier molecular flexibility index (Phi) is 14.8. The van der Waals surface area contributed by atoms with Crippen LogP contribution in [0.3, 0.4) is 0 Å². The van der Waals surface area contributed by atoms with Crippen molar-refractivity contribution in [1.29, 1.82) is 0 Å². The summed E-state index contributed by atoms with van der Waals surface area (Å²) in [6, 6.07) is 7.39. The van der Waals surface area contributed by atoms with Crippen molar-refractivity contribution in [3.8, 4) is 50.6 Å². The molecule has 0 aliphatic heterocycles. The fourth-order valence-electron chi connectivity index (χ4n) is 8.49. The third kappa shape index (κ3) is 10.00. The van der Waals surface area contributed by atoms with Gasteiger partial charge < -0.3 is 27.9 Å². The van der Waals surface area contributed by atoms with Crippen molar-refractivity contribution in [2.24, 2.45) is 21.1 Å². The van der Waals surface area contributed by atoms with E-state index in [4.69, 9.17) is 27.8 Å². The molecular weight excluding hydrogens is 987 g/mol. The van der Waals surface area contributed by atoms with Crippen LogP contribution in [0.5, 0.6) is 17.2 Å². The quantitative estimate of drug-likeness (QED) is 0.0620. The Balaban J connectivity index is 1.22. The highest BCUT2D eigenvalue weighted by molar-refractivity contribution is 7.48. The zero-order chi connectivity index (χ0) is 52.4. The van der Waals surface area contributed by atoms with E-state index in [2.05, 4.69) is 15.3 Å². The first-order valence-electron chi connectivity index (χ1n) is 23.6. The molecule has 0 unspecified atom stereocenters. The number of ether oxygens (including phenoxy) is 3. The Morgan fingerprint density at radius 1 is 0.459 bits per heavy atom. The highest BCUT2D eigenvalue weighted by Crippen LogP contribution is 2.51. The molecule has 3 aromatic carbocycles. The molecule has 6 heterocycles. The summed E-state index contributed by atoms with van der Waals surface area (Å²) in [5.41, 5.74) is -1.23. The minimum Gasteiger partial charge on any atom is -0.491 e. The Bertz CT molecular complexity index is 3440. The molecule has 0 saturated carbocycles. The molecule has 6 aromatic heterocycles. The number of benzene rings is 3. The average molecular weight is 1040 g/mol. The van der Waals surface area contributed by atoms with Gasteiger partial charge in [0, 0.05) is 91.7 Å². The minimum atomic E-state index is -5.13. The van der Waals surface area contributed by atoms with Crippen LogP contribution in [0.15, 0.2) is 107 Å². The monoisotopic (exact) mass is 1040 g/mol. The lowest BCUT2D eigenvalue weighted by molar-refractivity contribution is 0.0560. The summed E-state index contributed by atoms with van der Waals surface area (Å²) in [6.45, 7) is 3.87. The van der Waals surface area contributed by atoms with E-state index in [-0.39, 0.29) is 86.5 Å². The zero-order valence-corrected chi connectivity index (χ0v) is 42.1. The Morgan fingerprint density at radius 3 is 0.986 bits per heavy atom. The van der Waals surface area contributed by atoms with Crippen LogP contribution >= 0.6 is 7.82 Å². The lowest BCUT2D eigenvalue weighted by Crippen LogP contribution is -2.18. The summed E-state index contributed by atoms with van der Waals surface area (Å²) in [5, 5.41) is 11.5. The molecule has 0 aliphatic carbocycles. The summed E-state index contributed by atoms with van der Waals surface area (Å²) < 4.78 is 109. The van der Waals surface area contributed by atoms with Crippen molar-refractivity contribution in [3.63, 3.8) is 0 Å². The number of hydrogen-bond acceptors (Lipinski definition) is 13. The van der Waals surface area contributed by atoms with Crippen LogP contribution < -0.4 is 30.5 Å². The van der Waals surface area contributed by atoms with E-state index in [9.17, 15) is 14.4 Å². The van der Waals surface area contributed by atoms with Crippen molar-refractivity contribution < 1.29 is 45.5 Å². The molecule has 74 heavy (non-hydrogen) atoms. The van der Waals surface area contributed by atoms with Crippen LogP contribution in [0.1, 0.15) is 40.0 Å². The maximum absolute atomic E-state index is 16.1. The second-order valence-corrected chi connectivity index (χ2v) is 19.0. The number of nitrogens with zero attached hydrogens (tertiary/aromatic N) is 9. The SMILES string of the molecule is CCCOc1ccc(F)c2c(=O)c(-c3cnn(C)c3)cn(COP(=O)(OCn3cc(-c4cnn(C)c4)c(=O)c4c(F)ccc(OCCC)c43)OCn3cc(-c4cnn(C)c4)c(=O)c4c(F)ccc(OCCC)c43)c12. The van der Waals surface area contributed by atoms with E-state index < -0.39 is 61.8 Å². The van der Waals surface area contributed by atoms with Crippen molar-refractivity contribution in [2.75, 3.05) is 19.8 Å². The van der Waals surface area contributed by atoms with Gasteiger partial charge in [0.25, 0.3) is 0 Å². The van der Waals surface area contributed by atoms with E-state index in [0.29, 0.717) is 36.0 Å². The molecule has 9 rings (SSSR count). The predicted octanol–water partition coefficient (Wildman–Crippen LogP) is 9.05. The molecule has 0 atom stereocenters. The van der Waals surface area contributed by atoms with Crippen molar-refractivity contribution in [1.82, 2.24) is 43.0 Å². The molecule has 0 N–H and O–H groups in total. The van der Waals surface area contributed by atoms with Gasteiger partial charge in [0.15, 0.2) is 16.3 Å². The first-order valence-corrected chi connectivity index (χ1v) is 25.1. The van der Waals surface area contributed by atoms with Crippen LogP contribution in [0.4, 0.5) is 13.2 Å². The van der Waals surface area contributed by atoms with E-state index >= 15 is 17.7 Å². The van der Waals surface area contributed by atoms with Crippen LogP contribution in [-0.2, 0) is 59.5 Å². The Morgan fingerprint density at radius 2 is 0.743 bits per heavy atom. The largest absolute Gasteiger partial charge is 0.491 e. The molecule has 386 valence electrons.